The van der Waals surface area contributed by atoms with Crippen molar-refractivity contribution in [3.63, 3.8) is 0 Å². The Hall–Kier alpha value is -0.923. The van der Waals surface area contributed by atoms with Crippen molar-refractivity contribution in [3.8, 4) is 0 Å². The van der Waals surface area contributed by atoms with Gasteiger partial charge in [0.2, 0.25) is 0 Å². The van der Waals surface area contributed by atoms with Gasteiger partial charge in [-0.05, 0) is 69.5 Å². The van der Waals surface area contributed by atoms with Crippen LogP contribution in [0.1, 0.15) is 72.1 Å². The largest absolute Gasteiger partial charge is 0.481 e. The van der Waals surface area contributed by atoms with Crippen LogP contribution in [0.25, 0.3) is 0 Å². The molecule has 3 N–H and O–H groups in total. The molecular weight excluding hydrogens is 364 g/mol. The van der Waals surface area contributed by atoms with Crippen molar-refractivity contribution in [1.82, 2.24) is 0 Å². The quantitative estimate of drug-likeness (QED) is 0.607. The Kier molecular flexibility index (Phi) is 8.96. The van der Waals surface area contributed by atoms with Crippen molar-refractivity contribution in [2.75, 3.05) is 0 Å². The molecule has 0 bridgehead atoms. The summed E-state index contributed by atoms with van der Waals surface area (Å²) in [5.41, 5.74) is 0. The molecule has 2 fully saturated rings. The summed E-state index contributed by atoms with van der Waals surface area (Å²) in [5.74, 6) is -1.71. The zero-order chi connectivity index (χ0) is 20.8. The minimum Gasteiger partial charge on any atom is -0.481 e. The first-order chi connectivity index (χ1) is 12.3. The summed E-state index contributed by atoms with van der Waals surface area (Å²) in [6, 6.07) is 0. The first-order valence-corrected chi connectivity index (χ1v) is 13.1. The van der Waals surface area contributed by atoms with E-state index in [1.165, 1.54) is 0 Å². The molecule has 0 spiro atoms. The summed E-state index contributed by atoms with van der Waals surface area (Å²) >= 11 is 0. The van der Waals surface area contributed by atoms with Crippen molar-refractivity contribution in [2.45, 2.75) is 102 Å². The zero-order valence-corrected chi connectivity index (χ0v) is 18.5. The number of carbonyl (C=O) groups is 2. The maximum Gasteiger partial charge on any atom is 0.306 e. The van der Waals surface area contributed by atoms with Crippen LogP contribution in [-0.2, 0) is 14.0 Å². The third-order valence-electron chi connectivity index (χ3n) is 6.34. The van der Waals surface area contributed by atoms with Crippen LogP contribution in [0.5, 0.6) is 0 Å². The highest BCUT2D eigenvalue weighted by atomic mass is 28.4. The van der Waals surface area contributed by atoms with Gasteiger partial charge in [0.25, 0.3) is 0 Å². The second-order valence-electron chi connectivity index (χ2n) is 9.53. The number of hydrogen-bond donors (Lipinski definition) is 3. The molecule has 0 saturated heterocycles. The molecule has 0 heterocycles. The van der Waals surface area contributed by atoms with Crippen LogP contribution < -0.4 is 0 Å². The number of carboxylic acids is 2. The Morgan fingerprint density at radius 2 is 1.19 bits per heavy atom. The van der Waals surface area contributed by atoms with Gasteiger partial charge in [0.15, 0.2) is 8.32 Å². The van der Waals surface area contributed by atoms with Gasteiger partial charge < -0.3 is 19.7 Å². The second kappa shape index (κ2) is 10.0. The highest BCUT2D eigenvalue weighted by Gasteiger charge is 2.40. The number of rotatable bonds is 4. The molecule has 2 aliphatic carbocycles. The average Bonchev–Trinajstić information content (AvgIpc) is 2.55. The molecule has 0 aromatic rings. The number of hydrogen-bond acceptors (Lipinski definition) is 4. The van der Waals surface area contributed by atoms with E-state index in [0.717, 1.165) is 25.7 Å². The van der Waals surface area contributed by atoms with Crippen LogP contribution in [-0.4, -0.2) is 47.8 Å². The Morgan fingerprint density at radius 3 is 1.52 bits per heavy atom. The maximum atomic E-state index is 10.9. The second-order valence-corrected chi connectivity index (χ2v) is 14.3. The molecule has 158 valence electrons. The van der Waals surface area contributed by atoms with E-state index in [1.807, 2.05) is 0 Å². The third-order valence-corrected chi connectivity index (χ3v) is 10.9. The maximum absolute atomic E-state index is 10.9. The fourth-order valence-corrected chi connectivity index (χ4v) is 4.77. The Morgan fingerprint density at radius 1 is 0.815 bits per heavy atom. The minimum atomic E-state index is -1.69. The number of aliphatic hydroxyl groups excluding tert-OH is 1. The van der Waals surface area contributed by atoms with E-state index in [0.29, 0.717) is 25.7 Å². The van der Waals surface area contributed by atoms with Gasteiger partial charge in [-0.1, -0.05) is 20.8 Å². The normalized spacial score (nSPS) is 29.4. The molecule has 0 aromatic carbocycles. The van der Waals surface area contributed by atoms with Gasteiger partial charge >= 0.3 is 11.9 Å². The summed E-state index contributed by atoms with van der Waals surface area (Å²) in [6.07, 6.45) is 5.96. The fraction of sp³-hybridized carbons (Fsp3) is 0.900. The lowest BCUT2D eigenvalue weighted by Gasteiger charge is -2.40. The molecule has 2 rings (SSSR count). The molecule has 2 saturated carbocycles. The van der Waals surface area contributed by atoms with Crippen molar-refractivity contribution in [1.29, 1.82) is 0 Å². The van der Waals surface area contributed by atoms with Gasteiger partial charge in [-0.3, -0.25) is 9.59 Å². The van der Waals surface area contributed by atoms with E-state index in [1.54, 1.807) is 0 Å². The summed E-state index contributed by atoms with van der Waals surface area (Å²) in [4.78, 5) is 21.3. The highest BCUT2D eigenvalue weighted by molar-refractivity contribution is 6.74. The first kappa shape index (κ1) is 24.1. The number of aliphatic carboxylic acids is 2. The van der Waals surface area contributed by atoms with Crippen molar-refractivity contribution in [3.05, 3.63) is 0 Å². The van der Waals surface area contributed by atoms with Gasteiger partial charge in [0.05, 0.1) is 17.9 Å². The van der Waals surface area contributed by atoms with Gasteiger partial charge in [0, 0.05) is 6.10 Å². The van der Waals surface area contributed by atoms with E-state index >= 15 is 0 Å². The van der Waals surface area contributed by atoms with Gasteiger partial charge in [-0.25, -0.2) is 0 Å². The third kappa shape index (κ3) is 7.91. The Labute approximate surface area is 164 Å². The predicted molar refractivity (Wildman–Crippen MR) is 107 cm³/mol. The van der Waals surface area contributed by atoms with Crippen LogP contribution in [0, 0.1) is 11.8 Å². The lowest BCUT2D eigenvalue weighted by atomic mass is 9.88. The van der Waals surface area contributed by atoms with E-state index in [-0.39, 0.29) is 29.1 Å². The predicted octanol–water partition coefficient (Wildman–Crippen LogP) is 4.27. The standard InChI is InChI=1S/C13H26O3Si.C7H12O3/c1-13(2,3)17(4,5)16-11-8-6-10(7-9-11)12(14)15;8-6-3-1-5(2-4-6)7(9)10/h10-11H,6-9H2,1-5H3,(H,14,15);5-6,8H,1-4H2,(H,9,10). The molecule has 2 aliphatic rings. The Balaban J connectivity index is 0.000000309. The molecule has 0 atom stereocenters. The lowest BCUT2D eigenvalue weighted by molar-refractivity contribution is -0.144. The molecule has 0 aliphatic heterocycles. The lowest BCUT2D eigenvalue weighted by Crippen LogP contribution is -2.45. The van der Waals surface area contributed by atoms with Crippen molar-refractivity contribution < 1.29 is 29.3 Å². The SMILES string of the molecule is CC(C)(C)[Si](C)(C)OC1CCC(C(=O)O)CC1.O=C(O)C1CCC(O)CC1. The Bertz CT molecular complexity index is 483. The van der Waals surface area contributed by atoms with E-state index < -0.39 is 20.3 Å². The molecule has 0 aromatic heterocycles. The topological polar surface area (TPSA) is 104 Å². The van der Waals surface area contributed by atoms with Crippen LogP contribution in [0.4, 0.5) is 0 Å². The van der Waals surface area contributed by atoms with Crippen LogP contribution in [0.3, 0.4) is 0 Å². The monoisotopic (exact) mass is 402 g/mol. The molecule has 0 unspecified atom stereocenters. The molecule has 0 radical (unpaired) electrons. The molecule has 27 heavy (non-hydrogen) atoms. The highest BCUT2D eigenvalue weighted by Crippen LogP contribution is 2.39. The zero-order valence-electron chi connectivity index (χ0n) is 17.5. The van der Waals surface area contributed by atoms with Crippen molar-refractivity contribution >= 4 is 20.3 Å². The van der Waals surface area contributed by atoms with Gasteiger partial charge in [-0.2, -0.15) is 0 Å². The fourth-order valence-electron chi connectivity index (χ4n) is 3.34. The average molecular weight is 403 g/mol. The number of aliphatic hydroxyl groups is 1. The summed E-state index contributed by atoms with van der Waals surface area (Å²) in [6.45, 7) is 11.2. The van der Waals surface area contributed by atoms with Crippen LogP contribution >= 0.6 is 0 Å². The summed E-state index contributed by atoms with van der Waals surface area (Å²) < 4.78 is 6.32. The van der Waals surface area contributed by atoms with E-state index in [4.69, 9.17) is 19.7 Å². The van der Waals surface area contributed by atoms with Gasteiger partial charge in [0.1, 0.15) is 0 Å². The smallest absolute Gasteiger partial charge is 0.306 e. The van der Waals surface area contributed by atoms with E-state index in [9.17, 15) is 9.59 Å². The van der Waals surface area contributed by atoms with Crippen LogP contribution in [0.15, 0.2) is 0 Å². The number of carboxylic acid groups (broad SMARTS) is 2. The summed E-state index contributed by atoms with van der Waals surface area (Å²) in [5, 5.41) is 26.7. The van der Waals surface area contributed by atoms with E-state index in [2.05, 4.69) is 33.9 Å². The molecule has 0 amide bonds. The van der Waals surface area contributed by atoms with Crippen LogP contribution in [0.2, 0.25) is 18.1 Å². The molecule has 7 heteroatoms. The minimum absolute atomic E-state index is 0.144. The molecular formula is C20H38O6Si. The summed E-state index contributed by atoms with van der Waals surface area (Å²) in [7, 11) is -1.69. The van der Waals surface area contributed by atoms with Gasteiger partial charge in [-0.15, -0.1) is 0 Å². The van der Waals surface area contributed by atoms with Crippen molar-refractivity contribution in [2.24, 2.45) is 11.8 Å². The molecule has 6 nitrogen and oxygen atoms in total. The first-order valence-electron chi connectivity index (χ1n) is 10.1.